The van der Waals surface area contributed by atoms with Gasteiger partial charge in [0.05, 0.1) is 6.61 Å². The molecule has 2 heterocycles. The fourth-order valence-electron chi connectivity index (χ4n) is 2.55. The van der Waals surface area contributed by atoms with E-state index in [9.17, 15) is 0 Å². The third-order valence-corrected chi connectivity index (χ3v) is 3.57. The molecule has 1 atom stereocenters. The van der Waals surface area contributed by atoms with Crippen molar-refractivity contribution in [3.05, 3.63) is 11.8 Å². The van der Waals surface area contributed by atoms with E-state index in [0.29, 0.717) is 24.6 Å². The van der Waals surface area contributed by atoms with Crippen molar-refractivity contribution in [3.8, 4) is 5.88 Å². The van der Waals surface area contributed by atoms with Crippen LogP contribution in [0.5, 0.6) is 5.88 Å². The highest BCUT2D eigenvalue weighted by atomic mass is 16.5. The van der Waals surface area contributed by atoms with Crippen LogP contribution < -0.4 is 15.0 Å². The maximum atomic E-state index is 5.53. The number of nitrogens with zero attached hydrogens (tertiary/aromatic N) is 3. The predicted molar refractivity (Wildman–Crippen MR) is 81.4 cm³/mol. The highest BCUT2D eigenvalue weighted by Crippen LogP contribution is 2.19. The summed E-state index contributed by atoms with van der Waals surface area (Å²) in [7, 11) is 0. The summed E-state index contributed by atoms with van der Waals surface area (Å²) in [6.07, 6.45) is 2.49. The Morgan fingerprint density at radius 1 is 1.45 bits per heavy atom. The van der Waals surface area contributed by atoms with Gasteiger partial charge in [0.1, 0.15) is 0 Å². The van der Waals surface area contributed by atoms with Gasteiger partial charge in [0, 0.05) is 30.4 Å². The molecule has 20 heavy (non-hydrogen) atoms. The van der Waals surface area contributed by atoms with Gasteiger partial charge < -0.3 is 15.0 Å². The van der Waals surface area contributed by atoms with Crippen LogP contribution in [0.1, 0.15) is 39.3 Å². The summed E-state index contributed by atoms with van der Waals surface area (Å²) in [5.41, 5.74) is 0.948. The molecule has 0 radical (unpaired) electrons. The molecule has 0 aromatic carbocycles. The molecule has 5 heteroatoms. The second-order valence-corrected chi connectivity index (χ2v) is 5.62. The summed E-state index contributed by atoms with van der Waals surface area (Å²) in [6, 6.07) is 2.80. The molecule has 1 aromatic rings. The van der Waals surface area contributed by atoms with Gasteiger partial charge in [-0.2, -0.15) is 4.98 Å². The quantitative estimate of drug-likeness (QED) is 0.864. The zero-order valence-corrected chi connectivity index (χ0v) is 13.0. The minimum atomic E-state index is 0.369. The molecule has 5 nitrogen and oxygen atoms in total. The van der Waals surface area contributed by atoms with E-state index in [1.54, 1.807) is 0 Å². The first-order valence-corrected chi connectivity index (χ1v) is 7.58. The van der Waals surface area contributed by atoms with Crippen molar-refractivity contribution in [2.75, 3.05) is 24.6 Å². The minimum Gasteiger partial charge on any atom is -0.478 e. The van der Waals surface area contributed by atoms with Gasteiger partial charge >= 0.3 is 0 Å². The van der Waals surface area contributed by atoms with Gasteiger partial charge in [0.25, 0.3) is 0 Å². The first kappa shape index (κ1) is 15.0. The Morgan fingerprint density at radius 3 is 2.85 bits per heavy atom. The topological polar surface area (TPSA) is 50.3 Å². The van der Waals surface area contributed by atoms with E-state index >= 15 is 0 Å². The van der Waals surface area contributed by atoms with Gasteiger partial charge in [-0.3, -0.25) is 0 Å². The molecule has 1 aliphatic heterocycles. The van der Waals surface area contributed by atoms with Crippen LogP contribution in [0.25, 0.3) is 0 Å². The Morgan fingerprint density at radius 2 is 2.25 bits per heavy atom. The zero-order chi connectivity index (χ0) is 14.5. The van der Waals surface area contributed by atoms with Gasteiger partial charge in [-0.1, -0.05) is 0 Å². The SMILES string of the molecule is CCOc1cc(C)nc(N(CC2CCCN2)C(C)C)n1. The van der Waals surface area contributed by atoms with Gasteiger partial charge in [0.2, 0.25) is 11.8 Å². The molecule has 2 rings (SSSR count). The molecule has 0 saturated carbocycles. The van der Waals surface area contributed by atoms with Crippen molar-refractivity contribution < 1.29 is 4.74 Å². The minimum absolute atomic E-state index is 0.369. The monoisotopic (exact) mass is 278 g/mol. The average Bonchev–Trinajstić information content (AvgIpc) is 2.88. The molecular formula is C15H26N4O. The van der Waals surface area contributed by atoms with Crippen molar-refractivity contribution >= 4 is 5.95 Å². The van der Waals surface area contributed by atoms with Crippen molar-refractivity contribution in [1.82, 2.24) is 15.3 Å². The van der Waals surface area contributed by atoms with E-state index in [-0.39, 0.29) is 0 Å². The first-order valence-electron chi connectivity index (χ1n) is 7.58. The maximum absolute atomic E-state index is 5.53. The van der Waals surface area contributed by atoms with E-state index in [0.717, 1.165) is 24.7 Å². The maximum Gasteiger partial charge on any atom is 0.229 e. The number of aromatic nitrogens is 2. The molecule has 112 valence electrons. The van der Waals surface area contributed by atoms with E-state index in [1.165, 1.54) is 12.8 Å². The molecule has 1 aromatic heterocycles. The molecule has 0 aliphatic carbocycles. The summed E-state index contributed by atoms with van der Waals surface area (Å²) in [4.78, 5) is 11.4. The number of rotatable bonds is 6. The number of nitrogens with one attached hydrogen (secondary N) is 1. The predicted octanol–water partition coefficient (Wildman–Crippen LogP) is 2.15. The largest absolute Gasteiger partial charge is 0.478 e. The van der Waals surface area contributed by atoms with Crippen LogP contribution in [0.15, 0.2) is 6.07 Å². The van der Waals surface area contributed by atoms with Crippen LogP contribution in [-0.2, 0) is 0 Å². The van der Waals surface area contributed by atoms with Gasteiger partial charge in [-0.25, -0.2) is 4.98 Å². The summed E-state index contributed by atoms with van der Waals surface area (Å²) in [5.74, 6) is 1.44. The molecule has 0 amide bonds. The fourth-order valence-corrected chi connectivity index (χ4v) is 2.55. The van der Waals surface area contributed by atoms with Crippen LogP contribution >= 0.6 is 0 Å². The highest BCUT2D eigenvalue weighted by Gasteiger charge is 2.22. The summed E-state index contributed by atoms with van der Waals surface area (Å²) < 4.78 is 5.53. The summed E-state index contributed by atoms with van der Waals surface area (Å²) in [5, 5.41) is 3.54. The van der Waals surface area contributed by atoms with Gasteiger partial charge in [0.15, 0.2) is 0 Å². The Kier molecular flexibility index (Phi) is 5.17. The number of hydrogen-bond acceptors (Lipinski definition) is 5. The summed E-state index contributed by atoms with van der Waals surface area (Å²) in [6.45, 7) is 11.0. The molecular weight excluding hydrogens is 252 g/mol. The molecule has 1 unspecified atom stereocenters. The van der Waals surface area contributed by atoms with Crippen LogP contribution in [0.4, 0.5) is 5.95 Å². The lowest BCUT2D eigenvalue weighted by molar-refractivity contribution is 0.325. The van der Waals surface area contributed by atoms with Crippen LogP contribution in [0.3, 0.4) is 0 Å². The summed E-state index contributed by atoms with van der Waals surface area (Å²) >= 11 is 0. The first-order chi connectivity index (χ1) is 9.60. The lowest BCUT2D eigenvalue weighted by atomic mass is 10.2. The standard InChI is InChI=1S/C15H26N4O/c1-5-20-14-9-12(4)17-15(18-14)19(11(2)3)10-13-7-6-8-16-13/h9,11,13,16H,5-8,10H2,1-4H3. The van der Waals surface area contributed by atoms with Crippen molar-refractivity contribution in [3.63, 3.8) is 0 Å². The Labute approximate surface area is 121 Å². The second kappa shape index (κ2) is 6.88. The molecule has 0 spiro atoms. The van der Waals surface area contributed by atoms with Crippen molar-refractivity contribution in [1.29, 1.82) is 0 Å². The van der Waals surface area contributed by atoms with E-state index < -0.39 is 0 Å². The third-order valence-electron chi connectivity index (χ3n) is 3.57. The molecule has 1 aliphatic rings. The highest BCUT2D eigenvalue weighted by molar-refractivity contribution is 5.35. The number of aryl methyl sites for hydroxylation is 1. The molecule has 1 saturated heterocycles. The normalized spacial score (nSPS) is 18.6. The zero-order valence-electron chi connectivity index (χ0n) is 13.0. The Hall–Kier alpha value is -1.36. The Bertz CT molecular complexity index is 430. The number of hydrogen-bond donors (Lipinski definition) is 1. The van der Waals surface area contributed by atoms with E-state index in [1.807, 2.05) is 19.9 Å². The third kappa shape index (κ3) is 3.82. The van der Waals surface area contributed by atoms with Crippen molar-refractivity contribution in [2.24, 2.45) is 0 Å². The van der Waals surface area contributed by atoms with Crippen LogP contribution in [0.2, 0.25) is 0 Å². The lowest BCUT2D eigenvalue weighted by Crippen LogP contribution is -2.42. The van der Waals surface area contributed by atoms with Gasteiger partial charge in [-0.05, 0) is 47.1 Å². The van der Waals surface area contributed by atoms with Crippen molar-refractivity contribution in [2.45, 2.75) is 52.6 Å². The number of ether oxygens (including phenoxy) is 1. The Balaban J connectivity index is 2.18. The number of anilines is 1. The van der Waals surface area contributed by atoms with Crippen LogP contribution in [-0.4, -0.2) is 41.7 Å². The van der Waals surface area contributed by atoms with Crippen LogP contribution in [0, 0.1) is 6.92 Å². The molecule has 1 N–H and O–H groups in total. The average molecular weight is 278 g/mol. The smallest absolute Gasteiger partial charge is 0.229 e. The van der Waals surface area contributed by atoms with E-state index in [2.05, 4.69) is 34.0 Å². The second-order valence-electron chi connectivity index (χ2n) is 5.62. The lowest BCUT2D eigenvalue weighted by Gasteiger charge is -2.29. The fraction of sp³-hybridized carbons (Fsp3) is 0.733. The van der Waals surface area contributed by atoms with E-state index in [4.69, 9.17) is 4.74 Å². The molecule has 1 fully saturated rings. The van der Waals surface area contributed by atoms with Gasteiger partial charge in [-0.15, -0.1) is 0 Å². The molecule has 0 bridgehead atoms.